The topological polar surface area (TPSA) is 52.6 Å². The quantitative estimate of drug-likeness (QED) is 0.220. The van der Waals surface area contributed by atoms with Crippen LogP contribution >= 0.6 is 23.2 Å². The molecule has 0 N–H and O–H groups in total. The van der Waals surface area contributed by atoms with Gasteiger partial charge >= 0.3 is 0 Å². The molecule has 0 amide bonds. The van der Waals surface area contributed by atoms with E-state index in [1.165, 1.54) is 18.2 Å². The molecule has 4 nitrogen and oxygen atoms in total. The molecule has 0 radical (unpaired) electrons. The number of halogens is 2. The number of ether oxygens (including phenoxy) is 1. The van der Waals surface area contributed by atoms with E-state index in [0.717, 1.165) is 11.1 Å². The largest absolute Gasteiger partial charge is 0.483 e. The molecule has 3 rings (SSSR count). The maximum absolute atomic E-state index is 12.6. The Morgan fingerprint density at radius 2 is 1.61 bits per heavy atom. The van der Waals surface area contributed by atoms with E-state index in [9.17, 15) is 8.42 Å². The number of rotatable bonds is 10. The summed E-state index contributed by atoms with van der Waals surface area (Å²) in [7, 11) is -3.96. The molecule has 0 spiro atoms. The Kier molecular flexibility index (Phi) is 8.38. The maximum atomic E-state index is 12.6. The normalized spacial score (nSPS) is 12.2. The Morgan fingerprint density at radius 3 is 2.21 bits per heavy atom. The first-order valence-corrected chi connectivity index (χ1v) is 12.4. The smallest absolute Gasteiger partial charge is 0.297 e. The van der Waals surface area contributed by atoms with Crippen molar-refractivity contribution in [1.82, 2.24) is 0 Å². The summed E-state index contributed by atoms with van der Waals surface area (Å²) in [6.45, 7) is 9.22. The molecule has 33 heavy (non-hydrogen) atoms. The number of hydrogen-bond donors (Lipinski definition) is 0. The zero-order valence-corrected chi connectivity index (χ0v) is 20.5. The lowest BCUT2D eigenvalue weighted by atomic mass is 9.99. The summed E-state index contributed by atoms with van der Waals surface area (Å²) in [5.41, 5.74) is 3.09. The molecule has 1 atom stereocenters. The molecule has 0 unspecified atom stereocenters. The van der Waals surface area contributed by atoms with Crippen LogP contribution in [-0.4, -0.2) is 21.1 Å². The molecular formula is C26H24Cl2O4S. The fourth-order valence-electron chi connectivity index (χ4n) is 3.22. The summed E-state index contributed by atoms with van der Waals surface area (Å²) in [5, 5.41) is 0.938. The third kappa shape index (κ3) is 6.06. The van der Waals surface area contributed by atoms with Crippen LogP contribution in [0.1, 0.15) is 11.1 Å². The van der Waals surface area contributed by atoms with E-state index >= 15 is 0 Å². The standard InChI is InChI=1S/C26H24Cl2O4S/c1-4-8-19-9-6-10-22(25-23(27)11-7-12-24(25)28)26(19)32-20(5-2)17-31-33(29,30)21-15-13-18(3)14-16-21/h4-7,9-16,20H,1-2,8,17H2,3H3/t20-/m0/s1. The monoisotopic (exact) mass is 502 g/mol. The van der Waals surface area contributed by atoms with Gasteiger partial charge in [0.15, 0.2) is 0 Å². The Bertz CT molecular complexity index is 1230. The number of allylic oxidation sites excluding steroid dienone is 1. The van der Waals surface area contributed by atoms with Crippen molar-refractivity contribution in [3.8, 4) is 16.9 Å². The summed E-state index contributed by atoms with van der Waals surface area (Å²) in [5.74, 6) is 0.508. The first-order valence-electron chi connectivity index (χ1n) is 10.2. The summed E-state index contributed by atoms with van der Waals surface area (Å²) in [6.07, 6.45) is 3.02. The average Bonchev–Trinajstić information content (AvgIpc) is 2.78. The molecule has 0 aromatic heterocycles. The lowest BCUT2D eigenvalue weighted by Gasteiger charge is -2.21. The Morgan fingerprint density at radius 1 is 0.970 bits per heavy atom. The van der Waals surface area contributed by atoms with Crippen molar-refractivity contribution >= 4 is 33.3 Å². The summed E-state index contributed by atoms with van der Waals surface area (Å²) < 4.78 is 36.7. The number of aryl methyl sites for hydroxylation is 1. The van der Waals surface area contributed by atoms with Crippen LogP contribution in [0.4, 0.5) is 0 Å². The molecule has 0 aliphatic carbocycles. The zero-order chi connectivity index (χ0) is 24.0. The van der Waals surface area contributed by atoms with Crippen LogP contribution in [0.2, 0.25) is 10.0 Å². The fraction of sp³-hybridized carbons (Fsp3) is 0.154. The van der Waals surface area contributed by atoms with Gasteiger partial charge in [0.05, 0.1) is 14.9 Å². The molecule has 0 heterocycles. The van der Waals surface area contributed by atoms with Gasteiger partial charge in [0.1, 0.15) is 18.5 Å². The van der Waals surface area contributed by atoms with E-state index in [-0.39, 0.29) is 11.5 Å². The van der Waals surface area contributed by atoms with Crippen LogP contribution in [0.5, 0.6) is 5.75 Å². The molecule has 0 saturated carbocycles. The molecule has 0 aliphatic rings. The molecule has 0 fully saturated rings. The third-order valence-corrected chi connectivity index (χ3v) is 6.85. The summed E-state index contributed by atoms with van der Waals surface area (Å²) in [4.78, 5) is 0.0755. The second-order valence-electron chi connectivity index (χ2n) is 7.33. The van der Waals surface area contributed by atoms with Gasteiger partial charge in [0.2, 0.25) is 0 Å². The highest BCUT2D eigenvalue weighted by atomic mass is 35.5. The van der Waals surface area contributed by atoms with Crippen molar-refractivity contribution < 1.29 is 17.3 Å². The van der Waals surface area contributed by atoms with Gasteiger partial charge in [-0.15, -0.1) is 6.58 Å². The van der Waals surface area contributed by atoms with E-state index in [1.54, 1.807) is 36.4 Å². The van der Waals surface area contributed by atoms with Gasteiger partial charge in [-0.25, -0.2) is 0 Å². The van der Waals surface area contributed by atoms with E-state index in [1.807, 2.05) is 25.1 Å². The summed E-state index contributed by atoms with van der Waals surface area (Å²) >= 11 is 12.9. The van der Waals surface area contributed by atoms with Gasteiger partial charge in [-0.1, -0.05) is 77.8 Å². The van der Waals surface area contributed by atoms with Gasteiger partial charge < -0.3 is 4.74 Å². The summed E-state index contributed by atoms with van der Waals surface area (Å²) in [6, 6.07) is 17.3. The van der Waals surface area contributed by atoms with Gasteiger partial charge in [0.25, 0.3) is 10.1 Å². The Labute approximate surface area is 205 Å². The number of hydrogen-bond acceptors (Lipinski definition) is 4. The Balaban J connectivity index is 1.92. The van der Waals surface area contributed by atoms with Crippen LogP contribution in [0.3, 0.4) is 0 Å². The first-order chi connectivity index (χ1) is 15.8. The predicted molar refractivity (Wildman–Crippen MR) is 135 cm³/mol. The molecule has 0 aliphatic heterocycles. The van der Waals surface area contributed by atoms with Crippen molar-refractivity contribution in [1.29, 1.82) is 0 Å². The molecule has 3 aromatic rings. The minimum absolute atomic E-state index is 0.0755. The number of para-hydroxylation sites is 1. The van der Waals surface area contributed by atoms with Gasteiger partial charge in [-0.2, -0.15) is 8.42 Å². The fourth-order valence-corrected chi connectivity index (χ4v) is 4.74. The predicted octanol–water partition coefficient (Wildman–Crippen LogP) is 7.04. The second kappa shape index (κ2) is 11.0. The van der Waals surface area contributed by atoms with E-state index in [2.05, 4.69) is 13.2 Å². The molecule has 0 saturated heterocycles. The SMILES string of the molecule is C=CCc1cccc(-c2c(Cl)cccc2Cl)c1O[C@@H](C=C)COS(=O)(=O)c1ccc(C)cc1. The van der Waals surface area contributed by atoms with E-state index < -0.39 is 16.2 Å². The minimum atomic E-state index is -3.96. The highest BCUT2D eigenvalue weighted by Gasteiger charge is 2.22. The van der Waals surface area contributed by atoms with E-state index in [0.29, 0.717) is 33.3 Å². The van der Waals surface area contributed by atoms with Crippen molar-refractivity contribution in [3.05, 3.63) is 107 Å². The molecule has 7 heteroatoms. The average molecular weight is 503 g/mol. The van der Waals surface area contributed by atoms with Gasteiger partial charge in [0, 0.05) is 11.1 Å². The van der Waals surface area contributed by atoms with Crippen LogP contribution < -0.4 is 4.74 Å². The van der Waals surface area contributed by atoms with Crippen molar-refractivity contribution in [2.45, 2.75) is 24.3 Å². The van der Waals surface area contributed by atoms with Gasteiger partial charge in [-0.3, -0.25) is 4.18 Å². The van der Waals surface area contributed by atoms with Crippen LogP contribution in [0.15, 0.2) is 90.9 Å². The molecular weight excluding hydrogens is 479 g/mol. The van der Waals surface area contributed by atoms with Crippen LogP contribution in [0, 0.1) is 6.92 Å². The van der Waals surface area contributed by atoms with E-state index in [4.69, 9.17) is 32.1 Å². The van der Waals surface area contributed by atoms with Crippen molar-refractivity contribution in [2.75, 3.05) is 6.61 Å². The van der Waals surface area contributed by atoms with Crippen LogP contribution in [-0.2, 0) is 20.7 Å². The molecule has 172 valence electrons. The lowest BCUT2D eigenvalue weighted by Crippen LogP contribution is -2.23. The van der Waals surface area contributed by atoms with Crippen LogP contribution in [0.25, 0.3) is 11.1 Å². The second-order valence-corrected chi connectivity index (χ2v) is 9.76. The third-order valence-electron chi connectivity index (χ3n) is 4.92. The molecule has 3 aromatic carbocycles. The minimum Gasteiger partial charge on any atom is -0.483 e. The van der Waals surface area contributed by atoms with Crippen molar-refractivity contribution in [3.63, 3.8) is 0 Å². The lowest BCUT2D eigenvalue weighted by molar-refractivity contribution is 0.167. The van der Waals surface area contributed by atoms with Crippen molar-refractivity contribution in [2.24, 2.45) is 0 Å². The number of benzene rings is 3. The maximum Gasteiger partial charge on any atom is 0.297 e. The highest BCUT2D eigenvalue weighted by Crippen LogP contribution is 2.42. The molecule has 0 bridgehead atoms. The van der Waals surface area contributed by atoms with Gasteiger partial charge in [-0.05, 0) is 49.2 Å². The Hall–Kier alpha value is -2.57. The zero-order valence-electron chi connectivity index (χ0n) is 18.1. The first kappa shape index (κ1) is 25.1. The highest BCUT2D eigenvalue weighted by molar-refractivity contribution is 7.86.